The molecule has 3 rings (SSSR count). The molecule has 0 saturated carbocycles. The van der Waals surface area contributed by atoms with Crippen LogP contribution in [-0.4, -0.2) is 52.5 Å². The Morgan fingerprint density at radius 3 is 2.52 bits per heavy atom. The van der Waals surface area contributed by atoms with Crippen molar-refractivity contribution >= 4 is 48.4 Å². The van der Waals surface area contributed by atoms with Crippen molar-refractivity contribution < 1.29 is 16.8 Å². The fraction of sp³-hybridized carbons (Fsp3) is 0.308. The Bertz CT molecular complexity index is 902. The average Bonchev–Trinajstić information content (AvgIpc) is 2.87. The van der Waals surface area contributed by atoms with Gasteiger partial charge in [0.15, 0.2) is 5.17 Å². The Morgan fingerprint density at radius 2 is 1.91 bits per heavy atom. The largest absolute Gasteiger partial charge is 0.318 e. The minimum absolute atomic E-state index is 0.0106. The molecular formula is C13H15N3O4S3. The van der Waals surface area contributed by atoms with E-state index in [0.717, 1.165) is 17.5 Å². The maximum absolute atomic E-state index is 11.6. The number of benzene rings is 1. The number of sulfonamides is 2. The van der Waals surface area contributed by atoms with Gasteiger partial charge in [-0.2, -0.15) is 0 Å². The highest BCUT2D eigenvalue weighted by Gasteiger charge is 2.31. The topological polar surface area (TPSA) is 87.1 Å². The van der Waals surface area contributed by atoms with Crippen molar-refractivity contribution in [2.75, 3.05) is 29.9 Å². The van der Waals surface area contributed by atoms with Crippen molar-refractivity contribution in [1.82, 2.24) is 4.90 Å². The van der Waals surface area contributed by atoms with E-state index in [1.165, 1.54) is 23.1 Å². The molecule has 23 heavy (non-hydrogen) atoms. The molecule has 0 bridgehead atoms. The summed E-state index contributed by atoms with van der Waals surface area (Å²) in [6, 6.07) is 7.07. The fourth-order valence-corrected chi connectivity index (χ4v) is 4.91. The summed E-state index contributed by atoms with van der Waals surface area (Å²) in [6.07, 6.45) is 1.15. The van der Waals surface area contributed by atoms with Crippen LogP contribution in [-0.2, 0) is 20.0 Å². The van der Waals surface area contributed by atoms with Gasteiger partial charge in [0.25, 0.3) is 10.0 Å². The van der Waals surface area contributed by atoms with Crippen LogP contribution in [0.5, 0.6) is 0 Å². The maximum atomic E-state index is 11.6. The number of amidine groups is 1. The third-order valence-electron chi connectivity index (χ3n) is 3.61. The van der Waals surface area contributed by atoms with E-state index < -0.39 is 20.0 Å². The Labute approximate surface area is 139 Å². The van der Waals surface area contributed by atoms with Crippen molar-refractivity contribution in [1.29, 1.82) is 0 Å². The summed E-state index contributed by atoms with van der Waals surface area (Å²) in [5.41, 5.74) is 2.32. The van der Waals surface area contributed by atoms with Gasteiger partial charge >= 0.3 is 0 Å². The summed E-state index contributed by atoms with van der Waals surface area (Å²) in [7, 11) is -5.16. The summed E-state index contributed by atoms with van der Waals surface area (Å²) in [4.78, 5) is 1.86. The second-order valence-corrected chi connectivity index (χ2v) is 9.81. The SMILES string of the molecule is CN(c1ccc(C2=CSC3=NS(=O)(=O)CCN23)cc1)S(C)(=O)=O. The van der Waals surface area contributed by atoms with Crippen molar-refractivity contribution in [3.05, 3.63) is 35.2 Å². The van der Waals surface area contributed by atoms with Gasteiger partial charge < -0.3 is 4.90 Å². The molecule has 1 aromatic carbocycles. The first-order valence-electron chi connectivity index (χ1n) is 6.69. The van der Waals surface area contributed by atoms with Crippen LogP contribution in [0.1, 0.15) is 5.56 Å². The molecule has 0 aliphatic carbocycles. The molecule has 0 saturated heterocycles. The summed E-state index contributed by atoms with van der Waals surface area (Å²) in [5.74, 6) is -0.0106. The predicted octanol–water partition coefficient (Wildman–Crippen LogP) is 1.13. The molecule has 2 aliphatic heterocycles. The lowest BCUT2D eigenvalue weighted by molar-refractivity contribution is 0.567. The quantitative estimate of drug-likeness (QED) is 0.789. The Morgan fingerprint density at radius 1 is 1.26 bits per heavy atom. The number of fused-ring (bicyclic) bond motifs is 1. The van der Waals surface area contributed by atoms with E-state index in [4.69, 9.17) is 0 Å². The zero-order valence-corrected chi connectivity index (χ0v) is 14.9. The highest BCUT2D eigenvalue weighted by atomic mass is 32.2. The van der Waals surface area contributed by atoms with Gasteiger partial charge in [-0.25, -0.2) is 16.8 Å². The maximum Gasteiger partial charge on any atom is 0.257 e. The van der Waals surface area contributed by atoms with Crippen LogP contribution in [0.3, 0.4) is 0 Å². The van der Waals surface area contributed by atoms with E-state index in [0.29, 0.717) is 17.4 Å². The molecule has 2 heterocycles. The minimum Gasteiger partial charge on any atom is -0.318 e. The van der Waals surface area contributed by atoms with E-state index in [2.05, 4.69) is 4.40 Å². The summed E-state index contributed by atoms with van der Waals surface area (Å²) < 4.78 is 51.1. The zero-order chi connectivity index (χ0) is 16.8. The third-order valence-corrected chi connectivity index (χ3v) is 6.95. The van der Waals surface area contributed by atoms with Gasteiger partial charge in [-0.3, -0.25) is 4.31 Å². The van der Waals surface area contributed by atoms with Gasteiger partial charge in [0, 0.05) is 19.0 Å². The molecule has 0 aromatic heterocycles. The molecule has 7 nitrogen and oxygen atoms in total. The second-order valence-electron chi connectivity index (χ2n) is 5.21. The number of hydrogen-bond donors (Lipinski definition) is 0. The van der Waals surface area contributed by atoms with Crippen molar-refractivity contribution in [3.8, 4) is 0 Å². The molecule has 1 aromatic rings. The minimum atomic E-state index is -3.36. The first kappa shape index (κ1) is 16.3. The lowest BCUT2D eigenvalue weighted by Crippen LogP contribution is -2.34. The molecular weight excluding hydrogens is 358 g/mol. The molecule has 10 heteroatoms. The van der Waals surface area contributed by atoms with Crippen LogP contribution in [0, 0.1) is 0 Å². The fourth-order valence-electron chi connectivity index (χ4n) is 2.25. The second kappa shape index (κ2) is 5.53. The Hall–Kier alpha value is -1.52. The van der Waals surface area contributed by atoms with Gasteiger partial charge in [0.1, 0.15) is 0 Å². The van der Waals surface area contributed by atoms with Gasteiger partial charge in [-0.15, -0.1) is 4.40 Å². The van der Waals surface area contributed by atoms with E-state index in [1.807, 2.05) is 22.4 Å². The van der Waals surface area contributed by atoms with Crippen LogP contribution < -0.4 is 4.31 Å². The average molecular weight is 373 g/mol. The van der Waals surface area contributed by atoms with Crippen LogP contribution in [0.2, 0.25) is 0 Å². The van der Waals surface area contributed by atoms with Gasteiger partial charge in [-0.05, 0) is 17.7 Å². The first-order valence-corrected chi connectivity index (χ1v) is 11.0. The molecule has 0 fully saturated rings. The highest BCUT2D eigenvalue weighted by Crippen LogP contribution is 2.35. The summed E-state index contributed by atoms with van der Waals surface area (Å²) in [6.45, 7) is 0.366. The van der Waals surface area contributed by atoms with Crippen LogP contribution >= 0.6 is 11.8 Å². The van der Waals surface area contributed by atoms with E-state index >= 15 is 0 Å². The smallest absolute Gasteiger partial charge is 0.257 e. The Balaban J connectivity index is 1.87. The highest BCUT2D eigenvalue weighted by molar-refractivity contribution is 8.17. The molecule has 0 spiro atoms. The standard InChI is InChI=1S/C13H15N3O4S3/c1-15(22(2,17)18)11-5-3-10(4-6-11)12-9-21-13-14-23(19,20)8-7-16(12)13/h3-6,9H,7-8H2,1-2H3. The molecule has 124 valence electrons. The van der Waals surface area contributed by atoms with E-state index in [-0.39, 0.29) is 5.75 Å². The summed E-state index contributed by atoms with van der Waals surface area (Å²) in [5, 5.41) is 2.32. The molecule has 0 amide bonds. The number of thioether (sulfide) groups is 1. The molecule has 2 aliphatic rings. The molecule has 0 radical (unpaired) electrons. The van der Waals surface area contributed by atoms with Crippen molar-refractivity contribution in [2.45, 2.75) is 0 Å². The molecule has 0 N–H and O–H groups in total. The van der Waals surface area contributed by atoms with Crippen molar-refractivity contribution in [2.24, 2.45) is 4.40 Å². The van der Waals surface area contributed by atoms with Crippen LogP contribution in [0.15, 0.2) is 34.1 Å². The normalized spacial score (nSPS) is 19.8. The van der Waals surface area contributed by atoms with Gasteiger partial charge in [0.2, 0.25) is 10.0 Å². The number of hydrogen-bond acceptors (Lipinski definition) is 6. The first-order chi connectivity index (χ1) is 10.7. The molecule has 0 atom stereocenters. The van der Waals surface area contributed by atoms with E-state index in [1.54, 1.807) is 12.1 Å². The number of nitrogens with zero attached hydrogens (tertiary/aromatic N) is 3. The van der Waals surface area contributed by atoms with Gasteiger partial charge in [0.05, 0.1) is 23.4 Å². The predicted molar refractivity (Wildman–Crippen MR) is 93.2 cm³/mol. The van der Waals surface area contributed by atoms with Crippen LogP contribution in [0.4, 0.5) is 5.69 Å². The zero-order valence-electron chi connectivity index (χ0n) is 12.5. The number of anilines is 1. The van der Waals surface area contributed by atoms with Crippen LogP contribution in [0.25, 0.3) is 5.70 Å². The Kier molecular flexibility index (Phi) is 3.93. The summed E-state index contributed by atoms with van der Waals surface area (Å²) >= 11 is 1.27. The van der Waals surface area contributed by atoms with Gasteiger partial charge in [-0.1, -0.05) is 23.9 Å². The third kappa shape index (κ3) is 3.24. The lowest BCUT2D eigenvalue weighted by Gasteiger charge is -2.25. The monoisotopic (exact) mass is 373 g/mol. The molecule has 0 unspecified atom stereocenters. The number of rotatable bonds is 3. The van der Waals surface area contributed by atoms with Crippen molar-refractivity contribution in [3.63, 3.8) is 0 Å². The van der Waals surface area contributed by atoms with E-state index in [9.17, 15) is 16.8 Å². The lowest BCUT2D eigenvalue weighted by atomic mass is 10.1.